The van der Waals surface area contributed by atoms with Crippen LogP contribution < -0.4 is 10.6 Å². The van der Waals surface area contributed by atoms with Crippen molar-refractivity contribution in [2.75, 3.05) is 17.2 Å². The third-order valence-corrected chi connectivity index (χ3v) is 5.19. The Kier molecular flexibility index (Phi) is 4.85. The summed E-state index contributed by atoms with van der Waals surface area (Å²) in [6, 6.07) is 16.9. The number of cyclic esters (lactones) is 1. The van der Waals surface area contributed by atoms with Crippen LogP contribution in [0.15, 0.2) is 48.5 Å². The highest BCUT2D eigenvalue weighted by Crippen LogP contribution is 2.32. The molecule has 2 unspecified atom stereocenters. The topological polar surface area (TPSA) is 94.5 Å². The van der Waals surface area contributed by atoms with Crippen molar-refractivity contribution in [2.24, 2.45) is 0 Å². The largest absolute Gasteiger partial charge is 0.444 e. The number of nitrogens with zero attached hydrogens (tertiary/aromatic N) is 2. The summed E-state index contributed by atoms with van der Waals surface area (Å²) < 4.78 is 4.97. The van der Waals surface area contributed by atoms with Gasteiger partial charge < -0.3 is 15.0 Å². The SMILES string of the molecule is N#CC(c1ccccc1)C1CCCN1C(=O)Nc1ccc2c(c1)COC(=O)N2. The van der Waals surface area contributed by atoms with E-state index in [4.69, 9.17) is 4.74 Å². The van der Waals surface area contributed by atoms with E-state index < -0.39 is 6.09 Å². The lowest BCUT2D eigenvalue weighted by Crippen LogP contribution is -2.41. The van der Waals surface area contributed by atoms with Gasteiger partial charge in [0.05, 0.1) is 23.7 Å². The molecule has 2 N–H and O–H groups in total. The fourth-order valence-corrected chi connectivity index (χ4v) is 3.83. The molecule has 2 aliphatic rings. The van der Waals surface area contributed by atoms with Gasteiger partial charge in [0, 0.05) is 17.8 Å². The van der Waals surface area contributed by atoms with Gasteiger partial charge in [-0.2, -0.15) is 5.26 Å². The number of urea groups is 1. The summed E-state index contributed by atoms with van der Waals surface area (Å²) in [6.45, 7) is 0.785. The lowest BCUT2D eigenvalue weighted by Gasteiger charge is -2.28. The van der Waals surface area contributed by atoms with E-state index in [1.807, 2.05) is 30.3 Å². The van der Waals surface area contributed by atoms with Crippen LogP contribution in [0.1, 0.15) is 29.9 Å². The summed E-state index contributed by atoms with van der Waals surface area (Å²) in [6.07, 6.45) is 1.19. The fourth-order valence-electron chi connectivity index (χ4n) is 3.83. The summed E-state index contributed by atoms with van der Waals surface area (Å²) in [5.74, 6) is -0.360. The number of nitriles is 1. The number of amides is 3. The molecule has 7 nitrogen and oxygen atoms in total. The summed E-state index contributed by atoms with van der Waals surface area (Å²) in [5.41, 5.74) is 3.04. The van der Waals surface area contributed by atoms with Crippen molar-refractivity contribution in [1.82, 2.24) is 4.90 Å². The molecular weight excluding hydrogens is 356 g/mol. The van der Waals surface area contributed by atoms with Gasteiger partial charge in [-0.3, -0.25) is 5.32 Å². The van der Waals surface area contributed by atoms with Crippen LogP contribution in [0.25, 0.3) is 0 Å². The molecule has 1 saturated heterocycles. The number of hydrogen-bond acceptors (Lipinski definition) is 4. The number of benzene rings is 2. The molecule has 3 amide bonds. The van der Waals surface area contributed by atoms with Gasteiger partial charge in [0.1, 0.15) is 6.61 Å². The van der Waals surface area contributed by atoms with Crippen molar-refractivity contribution >= 4 is 23.5 Å². The highest BCUT2D eigenvalue weighted by atomic mass is 16.5. The lowest BCUT2D eigenvalue weighted by molar-refractivity contribution is 0.151. The van der Waals surface area contributed by atoms with Crippen LogP contribution in [0.3, 0.4) is 0 Å². The first-order chi connectivity index (χ1) is 13.7. The van der Waals surface area contributed by atoms with Gasteiger partial charge in [0.2, 0.25) is 0 Å². The van der Waals surface area contributed by atoms with Crippen LogP contribution >= 0.6 is 0 Å². The number of hydrogen-bond donors (Lipinski definition) is 2. The Hall–Kier alpha value is -3.53. The molecule has 2 aliphatic heterocycles. The van der Waals surface area contributed by atoms with Crippen LogP contribution in [0.2, 0.25) is 0 Å². The van der Waals surface area contributed by atoms with E-state index >= 15 is 0 Å². The van der Waals surface area contributed by atoms with Gasteiger partial charge in [-0.25, -0.2) is 9.59 Å². The first-order valence-corrected chi connectivity index (χ1v) is 9.24. The molecule has 7 heteroatoms. The molecular formula is C21H20N4O3. The van der Waals surface area contributed by atoms with Crippen molar-refractivity contribution in [1.29, 1.82) is 5.26 Å². The van der Waals surface area contributed by atoms with Crippen molar-refractivity contribution in [3.8, 4) is 6.07 Å². The summed E-state index contributed by atoms with van der Waals surface area (Å²) >= 11 is 0. The van der Waals surface area contributed by atoms with Crippen molar-refractivity contribution in [3.63, 3.8) is 0 Å². The van der Waals surface area contributed by atoms with Crippen molar-refractivity contribution in [3.05, 3.63) is 59.7 Å². The molecule has 142 valence electrons. The van der Waals surface area contributed by atoms with Gasteiger partial charge in [0.15, 0.2) is 0 Å². The summed E-state index contributed by atoms with van der Waals surface area (Å²) in [7, 11) is 0. The van der Waals surface area contributed by atoms with E-state index in [1.54, 1.807) is 23.1 Å². The smallest absolute Gasteiger partial charge is 0.411 e. The molecule has 2 atom stereocenters. The fraction of sp³-hybridized carbons (Fsp3) is 0.286. The van der Waals surface area contributed by atoms with E-state index in [0.717, 1.165) is 24.0 Å². The quantitative estimate of drug-likeness (QED) is 0.845. The van der Waals surface area contributed by atoms with Crippen molar-refractivity contribution in [2.45, 2.75) is 31.4 Å². The predicted molar refractivity (Wildman–Crippen MR) is 104 cm³/mol. The number of rotatable bonds is 3. The molecule has 0 saturated carbocycles. The van der Waals surface area contributed by atoms with Gasteiger partial charge in [0.25, 0.3) is 0 Å². The number of carbonyl (C=O) groups excluding carboxylic acids is 2. The zero-order chi connectivity index (χ0) is 19.5. The molecule has 0 aromatic heterocycles. The molecule has 0 spiro atoms. The Balaban J connectivity index is 1.50. The van der Waals surface area contributed by atoms with Gasteiger partial charge in [-0.1, -0.05) is 30.3 Å². The van der Waals surface area contributed by atoms with Crippen LogP contribution in [-0.2, 0) is 11.3 Å². The second-order valence-corrected chi connectivity index (χ2v) is 6.92. The summed E-state index contributed by atoms with van der Waals surface area (Å²) in [4.78, 5) is 25.9. The maximum absolute atomic E-state index is 12.9. The number of likely N-dealkylation sites (tertiary alicyclic amines) is 1. The number of fused-ring (bicyclic) bond motifs is 1. The molecule has 4 rings (SSSR count). The lowest BCUT2D eigenvalue weighted by atomic mass is 9.91. The standard InChI is InChI=1S/C21H20N4O3/c22-12-17(14-5-2-1-3-6-14)19-7-4-10-25(19)20(26)23-16-8-9-18-15(11-16)13-28-21(27)24-18/h1-3,5-6,8-9,11,17,19H,4,7,10,13H2,(H,23,26)(H,24,27). The van der Waals surface area contributed by atoms with E-state index in [2.05, 4.69) is 16.7 Å². The van der Waals surface area contributed by atoms with E-state index in [9.17, 15) is 14.9 Å². The van der Waals surface area contributed by atoms with E-state index in [-0.39, 0.29) is 24.6 Å². The summed E-state index contributed by atoms with van der Waals surface area (Å²) in [5, 5.41) is 15.3. The first-order valence-electron chi connectivity index (χ1n) is 9.24. The normalized spacial score (nSPS) is 19.0. The molecule has 0 bridgehead atoms. The highest BCUT2D eigenvalue weighted by molar-refractivity contribution is 5.92. The van der Waals surface area contributed by atoms with Gasteiger partial charge in [-0.05, 0) is 36.6 Å². The minimum absolute atomic E-state index is 0.160. The maximum Gasteiger partial charge on any atom is 0.411 e. The molecule has 2 aromatic rings. The van der Waals surface area contributed by atoms with Crippen molar-refractivity contribution < 1.29 is 14.3 Å². The number of ether oxygens (including phenoxy) is 1. The molecule has 28 heavy (non-hydrogen) atoms. The first kappa shape index (κ1) is 17.9. The Morgan fingerprint density at radius 3 is 2.89 bits per heavy atom. The van der Waals surface area contributed by atoms with Crippen LogP contribution in [0.4, 0.5) is 21.0 Å². The number of anilines is 2. The van der Waals surface area contributed by atoms with E-state index in [1.165, 1.54) is 0 Å². The zero-order valence-electron chi connectivity index (χ0n) is 15.2. The Bertz CT molecular complexity index is 938. The number of nitrogens with one attached hydrogen (secondary N) is 2. The molecule has 0 radical (unpaired) electrons. The third-order valence-electron chi connectivity index (χ3n) is 5.19. The second kappa shape index (κ2) is 7.61. The average molecular weight is 376 g/mol. The van der Waals surface area contributed by atoms with Crippen LogP contribution in [0, 0.1) is 11.3 Å². The van der Waals surface area contributed by atoms with Crippen LogP contribution in [-0.4, -0.2) is 29.6 Å². The Labute approximate surface area is 162 Å². The van der Waals surface area contributed by atoms with Gasteiger partial charge >= 0.3 is 12.1 Å². The van der Waals surface area contributed by atoms with Gasteiger partial charge in [-0.15, -0.1) is 0 Å². The minimum atomic E-state index is -0.479. The minimum Gasteiger partial charge on any atom is -0.444 e. The van der Waals surface area contributed by atoms with E-state index in [0.29, 0.717) is 17.9 Å². The third kappa shape index (κ3) is 3.49. The van der Waals surface area contributed by atoms with Crippen LogP contribution in [0.5, 0.6) is 0 Å². The molecule has 2 aromatic carbocycles. The zero-order valence-corrected chi connectivity index (χ0v) is 15.2. The molecule has 2 heterocycles. The Morgan fingerprint density at radius 1 is 1.29 bits per heavy atom. The Morgan fingerprint density at radius 2 is 2.11 bits per heavy atom. The monoisotopic (exact) mass is 376 g/mol. The number of carbonyl (C=O) groups is 2. The maximum atomic E-state index is 12.9. The second-order valence-electron chi connectivity index (χ2n) is 6.92. The molecule has 0 aliphatic carbocycles. The highest BCUT2D eigenvalue weighted by Gasteiger charge is 2.35. The predicted octanol–water partition coefficient (Wildman–Crippen LogP) is 4.05. The molecule has 1 fully saturated rings. The average Bonchev–Trinajstić information content (AvgIpc) is 3.19.